The zero-order valence-electron chi connectivity index (χ0n) is 17.4. The zero-order chi connectivity index (χ0) is 22.7. The van der Waals surface area contributed by atoms with Crippen molar-refractivity contribution in [3.8, 4) is 11.5 Å². The van der Waals surface area contributed by atoms with Crippen LogP contribution in [0.25, 0.3) is 0 Å². The van der Waals surface area contributed by atoms with Gasteiger partial charge < -0.3 is 25.7 Å². The van der Waals surface area contributed by atoms with Gasteiger partial charge >= 0.3 is 0 Å². The maximum atomic E-state index is 13.2. The summed E-state index contributed by atoms with van der Waals surface area (Å²) in [6.07, 6.45) is 0. The molecular weight excluding hydrogens is 418 g/mol. The number of phenolic OH excluding ortho intramolecular Hbond substituents is 2. The molecule has 164 valence electrons. The maximum Gasteiger partial charge on any atom is 0.239 e. The number of carbonyl (C=O) groups is 3. The molecule has 0 saturated carbocycles. The molecular formula is C22H25N3O5S. The van der Waals surface area contributed by atoms with Gasteiger partial charge in [0.15, 0.2) is 5.78 Å². The predicted molar refractivity (Wildman–Crippen MR) is 120 cm³/mol. The first kappa shape index (κ1) is 22.6. The lowest BCUT2D eigenvalue weighted by Gasteiger charge is -2.23. The number of phenols is 2. The number of nitrogens with zero attached hydrogens (tertiary/aromatic N) is 1. The Morgan fingerprint density at radius 2 is 1.52 bits per heavy atom. The van der Waals surface area contributed by atoms with E-state index in [0.717, 1.165) is 19.6 Å². The number of anilines is 1. The van der Waals surface area contributed by atoms with Crippen molar-refractivity contribution in [3.05, 3.63) is 46.5 Å². The Labute approximate surface area is 185 Å². The van der Waals surface area contributed by atoms with Crippen LogP contribution >= 0.6 is 12.6 Å². The fraction of sp³-hybridized carbons (Fsp3) is 0.318. The number of amides is 1. The van der Waals surface area contributed by atoms with Crippen LogP contribution in [-0.2, 0) is 4.79 Å². The first-order valence-electron chi connectivity index (χ1n) is 10.0. The molecule has 1 aliphatic rings. The maximum absolute atomic E-state index is 13.2. The number of aromatic hydroxyl groups is 2. The molecule has 0 fully saturated rings. The SMILES string of the molecule is CCN(CC)CCNC(=O)CNc1ccc(O)c2c1C(=O)c1c(O)ccc(S)c1C2=O. The summed E-state index contributed by atoms with van der Waals surface area (Å²) in [4.78, 5) is 40.8. The molecule has 1 amide bonds. The number of hydrogen-bond acceptors (Lipinski definition) is 8. The molecule has 0 unspecified atom stereocenters. The van der Waals surface area contributed by atoms with Crippen molar-refractivity contribution in [2.75, 3.05) is 38.0 Å². The van der Waals surface area contributed by atoms with E-state index in [0.29, 0.717) is 6.54 Å². The Morgan fingerprint density at radius 1 is 0.935 bits per heavy atom. The van der Waals surface area contributed by atoms with Gasteiger partial charge in [0, 0.05) is 23.7 Å². The highest BCUT2D eigenvalue weighted by Crippen LogP contribution is 2.41. The van der Waals surface area contributed by atoms with E-state index in [1.165, 1.54) is 24.3 Å². The van der Waals surface area contributed by atoms with E-state index in [9.17, 15) is 24.6 Å². The smallest absolute Gasteiger partial charge is 0.239 e. The standard InChI is InChI=1S/C22H25N3O5S/c1-3-25(4-2)10-9-23-16(28)11-24-12-5-6-13(26)18-17(12)21(29)19-14(27)7-8-15(31)20(19)22(18)30/h5-8,24,26-27,31H,3-4,9-11H2,1-2H3,(H,23,28). The van der Waals surface area contributed by atoms with E-state index in [-0.39, 0.29) is 56.8 Å². The van der Waals surface area contributed by atoms with Crippen molar-refractivity contribution in [2.24, 2.45) is 0 Å². The average Bonchev–Trinajstić information content (AvgIpc) is 2.75. The summed E-state index contributed by atoms with van der Waals surface area (Å²) in [7, 11) is 0. The van der Waals surface area contributed by atoms with Gasteiger partial charge in [0.05, 0.1) is 28.8 Å². The summed E-state index contributed by atoms with van der Waals surface area (Å²) in [6.45, 7) is 6.97. The second kappa shape index (κ2) is 9.40. The molecule has 3 rings (SSSR count). The Hall–Kier alpha value is -3.04. The zero-order valence-corrected chi connectivity index (χ0v) is 18.3. The summed E-state index contributed by atoms with van der Waals surface area (Å²) in [5.41, 5.74) is -0.252. The van der Waals surface area contributed by atoms with Crippen LogP contribution in [-0.4, -0.2) is 65.3 Å². The van der Waals surface area contributed by atoms with Crippen LogP contribution in [0, 0.1) is 0 Å². The van der Waals surface area contributed by atoms with E-state index in [4.69, 9.17) is 0 Å². The molecule has 0 aromatic heterocycles. The first-order valence-corrected chi connectivity index (χ1v) is 10.5. The fourth-order valence-corrected chi connectivity index (χ4v) is 3.91. The van der Waals surface area contributed by atoms with E-state index in [2.05, 4.69) is 28.2 Å². The highest BCUT2D eigenvalue weighted by Gasteiger charge is 2.37. The Balaban J connectivity index is 1.83. The molecule has 2 aromatic carbocycles. The summed E-state index contributed by atoms with van der Waals surface area (Å²) in [6, 6.07) is 5.41. The van der Waals surface area contributed by atoms with Crippen molar-refractivity contribution in [3.63, 3.8) is 0 Å². The third-order valence-corrected chi connectivity index (χ3v) is 5.71. The third kappa shape index (κ3) is 4.38. The molecule has 8 nitrogen and oxygen atoms in total. The molecule has 0 radical (unpaired) electrons. The van der Waals surface area contributed by atoms with Crippen LogP contribution in [0.2, 0.25) is 0 Å². The van der Waals surface area contributed by atoms with Gasteiger partial charge in [-0.2, -0.15) is 0 Å². The van der Waals surface area contributed by atoms with Gasteiger partial charge in [-0.05, 0) is 37.4 Å². The lowest BCUT2D eigenvalue weighted by Crippen LogP contribution is -2.37. The number of carbonyl (C=O) groups excluding carboxylic acids is 3. The molecule has 0 atom stereocenters. The summed E-state index contributed by atoms with van der Waals surface area (Å²) < 4.78 is 0. The van der Waals surface area contributed by atoms with Crippen LogP contribution in [0.1, 0.15) is 45.7 Å². The summed E-state index contributed by atoms with van der Waals surface area (Å²) >= 11 is 4.23. The lowest BCUT2D eigenvalue weighted by atomic mass is 9.82. The highest BCUT2D eigenvalue weighted by molar-refractivity contribution is 7.80. The average molecular weight is 444 g/mol. The third-order valence-electron chi connectivity index (χ3n) is 5.34. The minimum absolute atomic E-state index is 0.0533. The number of rotatable bonds is 8. The van der Waals surface area contributed by atoms with E-state index in [1.807, 2.05) is 13.8 Å². The Morgan fingerprint density at radius 3 is 2.16 bits per heavy atom. The molecule has 1 aliphatic carbocycles. The number of likely N-dealkylation sites (N-methyl/N-ethyl adjacent to an activating group) is 1. The largest absolute Gasteiger partial charge is 0.507 e. The van der Waals surface area contributed by atoms with Crippen molar-refractivity contribution in [2.45, 2.75) is 18.7 Å². The van der Waals surface area contributed by atoms with Gasteiger partial charge in [-0.3, -0.25) is 14.4 Å². The lowest BCUT2D eigenvalue weighted by molar-refractivity contribution is -0.119. The molecule has 9 heteroatoms. The van der Waals surface area contributed by atoms with Crippen molar-refractivity contribution in [1.29, 1.82) is 0 Å². The molecule has 31 heavy (non-hydrogen) atoms. The molecule has 0 aliphatic heterocycles. The summed E-state index contributed by atoms with van der Waals surface area (Å²) in [5.74, 6) is -2.22. The second-order valence-corrected chi connectivity index (χ2v) is 7.61. The van der Waals surface area contributed by atoms with Crippen LogP contribution in [0.5, 0.6) is 11.5 Å². The number of nitrogens with one attached hydrogen (secondary N) is 2. The van der Waals surface area contributed by atoms with E-state index < -0.39 is 11.6 Å². The fourth-order valence-electron chi connectivity index (χ4n) is 3.63. The minimum Gasteiger partial charge on any atom is -0.507 e. The number of benzene rings is 2. The second-order valence-electron chi connectivity index (χ2n) is 7.12. The van der Waals surface area contributed by atoms with Crippen LogP contribution in [0.15, 0.2) is 29.2 Å². The topological polar surface area (TPSA) is 119 Å². The number of hydrogen-bond donors (Lipinski definition) is 5. The van der Waals surface area contributed by atoms with Gasteiger partial charge in [-0.1, -0.05) is 13.8 Å². The number of ketones is 2. The first-order chi connectivity index (χ1) is 14.8. The minimum atomic E-state index is -0.627. The molecule has 0 spiro atoms. The van der Waals surface area contributed by atoms with Crippen LogP contribution in [0.3, 0.4) is 0 Å². The molecule has 4 N–H and O–H groups in total. The van der Waals surface area contributed by atoms with Crippen molar-refractivity contribution in [1.82, 2.24) is 10.2 Å². The van der Waals surface area contributed by atoms with Gasteiger partial charge in [-0.15, -0.1) is 12.6 Å². The molecule has 0 bridgehead atoms. The Kier molecular flexibility index (Phi) is 6.87. The van der Waals surface area contributed by atoms with Crippen molar-refractivity contribution >= 4 is 35.8 Å². The van der Waals surface area contributed by atoms with Crippen LogP contribution in [0.4, 0.5) is 5.69 Å². The monoisotopic (exact) mass is 443 g/mol. The highest BCUT2D eigenvalue weighted by atomic mass is 32.1. The van der Waals surface area contributed by atoms with E-state index >= 15 is 0 Å². The molecule has 0 heterocycles. The number of thiol groups is 1. The summed E-state index contributed by atoms with van der Waals surface area (Å²) in [5, 5.41) is 26.1. The number of fused-ring (bicyclic) bond motifs is 2. The normalized spacial score (nSPS) is 12.5. The Bertz CT molecular complexity index is 1050. The van der Waals surface area contributed by atoms with Crippen LogP contribution < -0.4 is 10.6 Å². The van der Waals surface area contributed by atoms with Crippen molar-refractivity contribution < 1.29 is 24.6 Å². The molecule has 0 saturated heterocycles. The van der Waals surface area contributed by atoms with Gasteiger partial charge in [0.1, 0.15) is 11.5 Å². The van der Waals surface area contributed by atoms with E-state index in [1.54, 1.807) is 0 Å². The molecule has 2 aromatic rings. The van der Waals surface area contributed by atoms with Gasteiger partial charge in [0.2, 0.25) is 11.7 Å². The predicted octanol–water partition coefficient (Wildman–Crippen LogP) is 2.03. The quantitative estimate of drug-likeness (QED) is 0.267. The van der Waals surface area contributed by atoms with Gasteiger partial charge in [0.25, 0.3) is 0 Å². The van der Waals surface area contributed by atoms with Gasteiger partial charge in [-0.25, -0.2) is 0 Å².